The quantitative estimate of drug-likeness (QED) is 0.407. The Balaban J connectivity index is 1.73. The van der Waals surface area contributed by atoms with E-state index in [-0.39, 0.29) is 17.8 Å². The van der Waals surface area contributed by atoms with Crippen molar-refractivity contribution in [2.75, 3.05) is 6.26 Å². The molecule has 0 atom stereocenters. The molecule has 0 aliphatic carbocycles. The van der Waals surface area contributed by atoms with Gasteiger partial charge in [-0.15, -0.1) is 11.8 Å². The fourth-order valence-electron chi connectivity index (χ4n) is 3.42. The summed E-state index contributed by atoms with van der Waals surface area (Å²) >= 11 is 1.66. The van der Waals surface area contributed by atoms with Crippen molar-refractivity contribution in [1.82, 2.24) is 19.3 Å². The third-order valence-corrected chi connectivity index (χ3v) is 5.92. The highest BCUT2D eigenvalue weighted by Crippen LogP contribution is 2.21. The maximum absolute atomic E-state index is 13.2. The average molecular weight is 437 g/mol. The SMILES string of the molecule is CSc1ccc(-c2noc(Cn3c(=O)n(CCC(C)C)c(=O)c4ccccc43)n2)cc1. The van der Waals surface area contributed by atoms with Crippen molar-refractivity contribution in [3.05, 3.63) is 75.3 Å². The molecule has 160 valence electrons. The van der Waals surface area contributed by atoms with Gasteiger partial charge in [-0.2, -0.15) is 4.98 Å². The summed E-state index contributed by atoms with van der Waals surface area (Å²) in [5, 5.41) is 4.57. The highest BCUT2D eigenvalue weighted by atomic mass is 32.2. The first-order valence-corrected chi connectivity index (χ1v) is 11.4. The van der Waals surface area contributed by atoms with Crippen molar-refractivity contribution in [3.8, 4) is 11.4 Å². The first-order valence-electron chi connectivity index (χ1n) is 10.2. The standard InChI is InChI=1S/C23H24N4O3S/c1-15(2)12-13-26-22(28)18-6-4-5-7-19(18)27(23(26)29)14-20-24-21(25-30-20)16-8-10-17(31-3)11-9-16/h4-11,15H,12-14H2,1-3H3. The third kappa shape index (κ3) is 4.34. The normalized spacial score (nSPS) is 11.5. The summed E-state index contributed by atoms with van der Waals surface area (Å²) < 4.78 is 8.28. The van der Waals surface area contributed by atoms with E-state index in [1.807, 2.05) is 36.6 Å². The zero-order valence-corrected chi connectivity index (χ0v) is 18.6. The van der Waals surface area contributed by atoms with Gasteiger partial charge in [-0.25, -0.2) is 4.79 Å². The fourth-order valence-corrected chi connectivity index (χ4v) is 3.83. The molecule has 0 aliphatic rings. The molecule has 2 heterocycles. The van der Waals surface area contributed by atoms with Gasteiger partial charge in [0.1, 0.15) is 6.54 Å². The van der Waals surface area contributed by atoms with Crippen LogP contribution in [0.2, 0.25) is 0 Å². The summed E-state index contributed by atoms with van der Waals surface area (Å²) in [6, 6.07) is 15.0. The summed E-state index contributed by atoms with van der Waals surface area (Å²) in [6.45, 7) is 4.60. The lowest BCUT2D eigenvalue weighted by Gasteiger charge is -2.13. The number of para-hydroxylation sites is 1. The van der Waals surface area contributed by atoms with Crippen LogP contribution in [-0.4, -0.2) is 25.5 Å². The molecule has 0 saturated carbocycles. The molecule has 0 saturated heterocycles. The Morgan fingerprint density at radius 2 is 1.77 bits per heavy atom. The number of rotatable bonds is 7. The second-order valence-corrected chi connectivity index (χ2v) is 8.65. The van der Waals surface area contributed by atoms with Crippen molar-refractivity contribution < 1.29 is 4.52 Å². The zero-order valence-electron chi connectivity index (χ0n) is 17.7. The lowest BCUT2D eigenvalue weighted by atomic mass is 10.1. The average Bonchev–Trinajstić information content (AvgIpc) is 3.25. The maximum Gasteiger partial charge on any atom is 0.331 e. The highest BCUT2D eigenvalue weighted by Gasteiger charge is 2.16. The van der Waals surface area contributed by atoms with Crippen molar-refractivity contribution in [2.45, 2.75) is 38.3 Å². The Morgan fingerprint density at radius 3 is 2.48 bits per heavy atom. The number of aromatic nitrogens is 4. The second kappa shape index (κ2) is 8.93. The van der Waals surface area contributed by atoms with E-state index in [2.05, 4.69) is 24.0 Å². The van der Waals surface area contributed by atoms with E-state index in [9.17, 15) is 9.59 Å². The molecule has 0 bridgehead atoms. The number of fused-ring (bicyclic) bond motifs is 1. The summed E-state index contributed by atoms with van der Waals surface area (Å²) in [4.78, 5) is 31.7. The van der Waals surface area contributed by atoms with Crippen LogP contribution in [0.4, 0.5) is 0 Å². The Bertz CT molecular complexity index is 1320. The summed E-state index contributed by atoms with van der Waals surface area (Å²) in [6.07, 6.45) is 2.76. The van der Waals surface area contributed by atoms with Gasteiger partial charge in [0.2, 0.25) is 11.7 Å². The number of benzene rings is 2. The molecular weight excluding hydrogens is 412 g/mol. The molecule has 0 fully saturated rings. The van der Waals surface area contributed by atoms with Gasteiger partial charge in [0.15, 0.2) is 0 Å². The molecule has 0 aliphatic heterocycles. The Morgan fingerprint density at radius 1 is 1.03 bits per heavy atom. The van der Waals surface area contributed by atoms with Crippen LogP contribution >= 0.6 is 11.8 Å². The van der Waals surface area contributed by atoms with Crippen molar-refractivity contribution in [3.63, 3.8) is 0 Å². The first-order chi connectivity index (χ1) is 15.0. The van der Waals surface area contributed by atoms with Gasteiger partial charge in [0.25, 0.3) is 5.56 Å². The smallest absolute Gasteiger partial charge is 0.331 e. The van der Waals surface area contributed by atoms with E-state index in [0.29, 0.717) is 35.1 Å². The number of nitrogens with zero attached hydrogens (tertiary/aromatic N) is 4. The Labute approximate surface area is 183 Å². The van der Waals surface area contributed by atoms with E-state index in [0.717, 1.165) is 16.9 Å². The molecule has 31 heavy (non-hydrogen) atoms. The van der Waals surface area contributed by atoms with Crippen LogP contribution in [-0.2, 0) is 13.1 Å². The van der Waals surface area contributed by atoms with Gasteiger partial charge >= 0.3 is 5.69 Å². The topological polar surface area (TPSA) is 82.9 Å². The molecule has 0 unspecified atom stereocenters. The molecule has 8 heteroatoms. The Hall–Kier alpha value is -3.13. The maximum atomic E-state index is 13.2. The van der Waals surface area contributed by atoms with Crippen LogP contribution in [0.3, 0.4) is 0 Å². The third-order valence-electron chi connectivity index (χ3n) is 5.17. The van der Waals surface area contributed by atoms with Crippen LogP contribution in [0.15, 0.2) is 67.5 Å². The molecule has 0 N–H and O–H groups in total. The molecular formula is C23H24N4O3S. The van der Waals surface area contributed by atoms with Crippen LogP contribution in [0, 0.1) is 5.92 Å². The fraction of sp³-hybridized carbons (Fsp3) is 0.304. The van der Waals surface area contributed by atoms with Crippen molar-refractivity contribution >= 4 is 22.7 Å². The van der Waals surface area contributed by atoms with Crippen LogP contribution in [0.25, 0.3) is 22.3 Å². The van der Waals surface area contributed by atoms with E-state index in [1.165, 1.54) is 9.13 Å². The minimum absolute atomic E-state index is 0.0944. The molecule has 0 radical (unpaired) electrons. The van der Waals surface area contributed by atoms with Gasteiger partial charge in [-0.3, -0.25) is 13.9 Å². The minimum Gasteiger partial charge on any atom is -0.337 e. The van der Waals surface area contributed by atoms with E-state index in [1.54, 1.807) is 30.0 Å². The van der Waals surface area contributed by atoms with Gasteiger partial charge in [0.05, 0.1) is 10.9 Å². The lowest BCUT2D eigenvalue weighted by Crippen LogP contribution is -2.40. The second-order valence-electron chi connectivity index (χ2n) is 7.77. The summed E-state index contributed by atoms with van der Waals surface area (Å²) in [5.74, 6) is 1.15. The molecule has 2 aromatic carbocycles. The summed E-state index contributed by atoms with van der Waals surface area (Å²) in [7, 11) is 0. The zero-order chi connectivity index (χ0) is 22.0. The van der Waals surface area contributed by atoms with E-state index >= 15 is 0 Å². The molecule has 4 aromatic rings. The minimum atomic E-state index is -0.367. The molecule has 0 spiro atoms. The van der Waals surface area contributed by atoms with Crippen molar-refractivity contribution in [1.29, 1.82) is 0 Å². The van der Waals surface area contributed by atoms with E-state index < -0.39 is 0 Å². The lowest BCUT2D eigenvalue weighted by molar-refractivity contribution is 0.368. The van der Waals surface area contributed by atoms with Crippen LogP contribution in [0.5, 0.6) is 0 Å². The number of thioether (sulfide) groups is 1. The Kier molecular flexibility index (Phi) is 6.08. The monoisotopic (exact) mass is 436 g/mol. The van der Waals surface area contributed by atoms with Crippen LogP contribution in [0.1, 0.15) is 26.2 Å². The predicted molar refractivity (Wildman–Crippen MR) is 123 cm³/mol. The summed E-state index contributed by atoms with van der Waals surface area (Å²) in [5.41, 5.74) is 0.764. The molecule has 7 nitrogen and oxygen atoms in total. The largest absolute Gasteiger partial charge is 0.337 e. The van der Waals surface area contributed by atoms with Crippen molar-refractivity contribution in [2.24, 2.45) is 5.92 Å². The highest BCUT2D eigenvalue weighted by molar-refractivity contribution is 7.98. The van der Waals surface area contributed by atoms with Gasteiger partial charge < -0.3 is 4.52 Å². The number of hydrogen-bond donors (Lipinski definition) is 0. The molecule has 0 amide bonds. The predicted octanol–water partition coefficient (Wildman–Crippen LogP) is 4.03. The van der Waals surface area contributed by atoms with Gasteiger partial charge in [-0.05, 0) is 55.0 Å². The van der Waals surface area contributed by atoms with Gasteiger partial charge in [-0.1, -0.05) is 31.1 Å². The van der Waals surface area contributed by atoms with Gasteiger partial charge in [0, 0.05) is 17.0 Å². The number of hydrogen-bond acceptors (Lipinski definition) is 6. The molecule has 4 rings (SSSR count). The first kappa shape index (κ1) is 21.1. The molecule has 2 aromatic heterocycles. The van der Waals surface area contributed by atoms with Crippen LogP contribution < -0.4 is 11.2 Å². The van der Waals surface area contributed by atoms with E-state index in [4.69, 9.17) is 4.52 Å².